The highest BCUT2D eigenvalue weighted by atomic mass is 35.5. The van der Waals surface area contributed by atoms with Gasteiger partial charge in [0.25, 0.3) is 0 Å². The molecule has 6 heavy (non-hydrogen) atoms. The Bertz CT molecular complexity index is 28.7. The predicted molar refractivity (Wildman–Crippen MR) is 26.6 cm³/mol. The maximum absolute atomic E-state index is 5.24. The van der Waals surface area contributed by atoms with E-state index >= 15 is 0 Å². The molecule has 1 unspecified atom stereocenters. The van der Waals surface area contributed by atoms with Gasteiger partial charge in [0.05, 0.1) is 0 Å². The highest BCUT2D eigenvalue weighted by molar-refractivity contribution is 6.20. The van der Waals surface area contributed by atoms with Crippen LogP contribution in [0.4, 0.5) is 0 Å². The summed E-state index contributed by atoms with van der Waals surface area (Å²) >= 11 is 5.24. The van der Waals surface area contributed by atoms with E-state index in [1.54, 1.807) is 0 Å². The molecule has 0 aliphatic carbocycles. The Morgan fingerprint density at radius 3 is 2.50 bits per heavy atom. The van der Waals surface area contributed by atoms with Gasteiger partial charge in [-0.3, -0.25) is 0 Å². The molecule has 1 atom stereocenters. The van der Waals surface area contributed by atoms with Gasteiger partial charge in [0.15, 0.2) is 0 Å². The molecule has 0 aliphatic rings. The van der Waals surface area contributed by atoms with Gasteiger partial charge in [-0.2, -0.15) is 0 Å². The Hall–Kier alpha value is 0.250. The molecule has 0 saturated heterocycles. The number of halogens is 1. The highest BCUT2D eigenvalue weighted by Gasteiger charge is 1.87. The van der Waals surface area contributed by atoms with E-state index in [9.17, 15) is 0 Å². The normalized spacial score (nSPS) is 14.5. The molecule has 0 rings (SSSR count). The summed E-state index contributed by atoms with van der Waals surface area (Å²) in [6.07, 6.45) is 0. The SMILES string of the molecule is [CH2]C(Cl)OCC. The van der Waals surface area contributed by atoms with E-state index in [0.29, 0.717) is 6.61 Å². The lowest BCUT2D eigenvalue weighted by atomic mass is 10.8. The van der Waals surface area contributed by atoms with Crippen LogP contribution in [0.25, 0.3) is 0 Å². The van der Waals surface area contributed by atoms with Crippen LogP contribution in [0, 0.1) is 6.92 Å². The van der Waals surface area contributed by atoms with Gasteiger partial charge in [-0.1, -0.05) is 11.6 Å². The van der Waals surface area contributed by atoms with Crippen molar-refractivity contribution in [3.8, 4) is 0 Å². The first-order valence-electron chi connectivity index (χ1n) is 1.86. The molecule has 0 amide bonds. The van der Waals surface area contributed by atoms with Gasteiger partial charge in [-0.05, 0) is 13.8 Å². The third-order valence-electron chi connectivity index (χ3n) is 0.348. The third kappa shape index (κ3) is 4.25. The molecule has 0 bridgehead atoms. The lowest BCUT2D eigenvalue weighted by Crippen LogP contribution is -1.96. The van der Waals surface area contributed by atoms with Crippen molar-refractivity contribution in [2.75, 3.05) is 6.61 Å². The van der Waals surface area contributed by atoms with Crippen molar-refractivity contribution in [3.63, 3.8) is 0 Å². The minimum atomic E-state index is -0.380. The zero-order valence-corrected chi connectivity index (χ0v) is 4.53. The van der Waals surface area contributed by atoms with Crippen molar-refractivity contribution in [2.24, 2.45) is 0 Å². The van der Waals surface area contributed by atoms with E-state index in [0.717, 1.165) is 0 Å². The molecular formula is C4H8ClO. The molecule has 0 aromatic heterocycles. The monoisotopic (exact) mass is 107 g/mol. The molecule has 0 heterocycles. The summed E-state index contributed by atoms with van der Waals surface area (Å²) in [5.41, 5.74) is -0.380. The summed E-state index contributed by atoms with van der Waals surface area (Å²) in [7, 11) is 0. The van der Waals surface area contributed by atoms with Gasteiger partial charge in [-0.15, -0.1) is 0 Å². The summed E-state index contributed by atoms with van der Waals surface area (Å²) in [6, 6.07) is 0. The second-order valence-electron chi connectivity index (χ2n) is 0.865. The van der Waals surface area contributed by atoms with Crippen molar-refractivity contribution in [1.29, 1.82) is 0 Å². The van der Waals surface area contributed by atoms with Crippen molar-refractivity contribution in [3.05, 3.63) is 6.92 Å². The Balaban J connectivity index is 2.63. The van der Waals surface area contributed by atoms with Gasteiger partial charge in [0.2, 0.25) is 0 Å². The molecule has 2 heteroatoms. The zero-order valence-electron chi connectivity index (χ0n) is 3.78. The number of rotatable bonds is 2. The summed E-state index contributed by atoms with van der Waals surface area (Å²) in [6.45, 7) is 5.88. The van der Waals surface area contributed by atoms with Crippen LogP contribution >= 0.6 is 11.6 Å². The van der Waals surface area contributed by atoms with E-state index in [-0.39, 0.29) is 5.56 Å². The lowest BCUT2D eigenvalue weighted by molar-refractivity contribution is 0.148. The first-order chi connectivity index (χ1) is 2.77. The smallest absolute Gasteiger partial charge is 0.131 e. The van der Waals surface area contributed by atoms with Crippen LogP contribution in [0.5, 0.6) is 0 Å². The fourth-order valence-corrected chi connectivity index (χ4v) is 0.307. The molecule has 1 nitrogen and oxygen atoms in total. The molecule has 37 valence electrons. The van der Waals surface area contributed by atoms with Gasteiger partial charge in [-0.25, -0.2) is 0 Å². The highest BCUT2D eigenvalue weighted by Crippen LogP contribution is 1.91. The molecular weight excluding hydrogens is 99.5 g/mol. The quantitative estimate of drug-likeness (QED) is 0.485. The van der Waals surface area contributed by atoms with Crippen LogP contribution < -0.4 is 0 Å². The molecule has 0 fully saturated rings. The standard InChI is InChI=1S/C4H8ClO/c1-3-6-4(2)5/h4H,2-3H2,1H3. The third-order valence-corrected chi connectivity index (χ3v) is 0.474. The van der Waals surface area contributed by atoms with Gasteiger partial charge in [0, 0.05) is 6.61 Å². The number of ether oxygens (including phenoxy) is 1. The van der Waals surface area contributed by atoms with Gasteiger partial charge in [0.1, 0.15) is 5.56 Å². The van der Waals surface area contributed by atoms with Crippen LogP contribution in [0.15, 0.2) is 0 Å². The largest absolute Gasteiger partial charge is 0.363 e. The summed E-state index contributed by atoms with van der Waals surface area (Å²) in [5.74, 6) is 0. The van der Waals surface area contributed by atoms with E-state index < -0.39 is 0 Å². The van der Waals surface area contributed by atoms with Crippen LogP contribution in [0.3, 0.4) is 0 Å². The van der Waals surface area contributed by atoms with Crippen LogP contribution in [0.1, 0.15) is 6.92 Å². The zero-order chi connectivity index (χ0) is 4.99. The molecule has 0 saturated carbocycles. The molecule has 0 spiro atoms. The van der Waals surface area contributed by atoms with Crippen molar-refractivity contribution in [1.82, 2.24) is 0 Å². The van der Waals surface area contributed by atoms with E-state index in [1.807, 2.05) is 6.92 Å². The summed E-state index contributed by atoms with van der Waals surface area (Å²) in [4.78, 5) is 0. The Morgan fingerprint density at radius 1 is 2.00 bits per heavy atom. The fourth-order valence-electron chi connectivity index (χ4n) is 0.181. The summed E-state index contributed by atoms with van der Waals surface area (Å²) in [5, 5.41) is 0. The predicted octanol–water partition coefficient (Wildman–Crippen LogP) is 1.42. The van der Waals surface area contributed by atoms with Crippen molar-refractivity contribution in [2.45, 2.75) is 12.5 Å². The van der Waals surface area contributed by atoms with E-state index in [4.69, 9.17) is 16.3 Å². The Kier molecular flexibility index (Phi) is 3.58. The van der Waals surface area contributed by atoms with Crippen molar-refractivity contribution < 1.29 is 4.74 Å². The Morgan fingerprint density at radius 2 is 2.50 bits per heavy atom. The molecule has 0 aromatic carbocycles. The first-order valence-corrected chi connectivity index (χ1v) is 2.29. The van der Waals surface area contributed by atoms with Crippen LogP contribution in [-0.2, 0) is 4.74 Å². The number of hydrogen-bond acceptors (Lipinski definition) is 1. The number of alkyl halides is 1. The number of hydrogen-bond donors (Lipinski definition) is 0. The Labute approximate surface area is 43.3 Å². The minimum Gasteiger partial charge on any atom is -0.363 e. The van der Waals surface area contributed by atoms with Crippen LogP contribution in [-0.4, -0.2) is 12.2 Å². The molecule has 0 aliphatic heterocycles. The van der Waals surface area contributed by atoms with Crippen LogP contribution in [0.2, 0.25) is 0 Å². The van der Waals surface area contributed by atoms with Crippen molar-refractivity contribution >= 4 is 11.6 Å². The van der Waals surface area contributed by atoms with E-state index in [1.165, 1.54) is 0 Å². The average molecular weight is 108 g/mol. The van der Waals surface area contributed by atoms with Gasteiger partial charge >= 0.3 is 0 Å². The second kappa shape index (κ2) is 3.44. The maximum Gasteiger partial charge on any atom is 0.131 e. The summed E-state index contributed by atoms with van der Waals surface area (Å²) < 4.78 is 4.70. The minimum absolute atomic E-state index is 0.380. The topological polar surface area (TPSA) is 9.23 Å². The fraction of sp³-hybridized carbons (Fsp3) is 0.750. The second-order valence-corrected chi connectivity index (χ2v) is 1.35. The van der Waals surface area contributed by atoms with E-state index in [2.05, 4.69) is 6.92 Å². The van der Waals surface area contributed by atoms with Gasteiger partial charge < -0.3 is 4.74 Å². The first kappa shape index (κ1) is 6.25. The maximum atomic E-state index is 5.24. The molecule has 0 N–H and O–H groups in total. The average Bonchev–Trinajstić information content (AvgIpc) is 1.35. The lowest BCUT2D eigenvalue weighted by Gasteiger charge is -1.97. The molecule has 0 aromatic rings. The molecule has 1 radical (unpaired) electrons.